The standard InChI is InChI=1S/C17H20N2O/c1-2-8-16(9-3-1)20-17-10-4-6-14(12-17)19-15-7-5-11-18-13-15/h1-4,6,8-10,12,15,18-19H,5,7,11,13H2. The Kier molecular flexibility index (Phi) is 4.19. The lowest BCUT2D eigenvalue weighted by atomic mass is 10.1. The fraction of sp³-hybridized carbons (Fsp3) is 0.294. The van der Waals surface area contributed by atoms with Crippen molar-refractivity contribution in [3.63, 3.8) is 0 Å². The lowest BCUT2D eigenvalue weighted by Crippen LogP contribution is -2.38. The summed E-state index contributed by atoms with van der Waals surface area (Å²) in [5.41, 5.74) is 1.12. The molecule has 20 heavy (non-hydrogen) atoms. The zero-order valence-corrected chi connectivity index (χ0v) is 11.5. The highest BCUT2D eigenvalue weighted by atomic mass is 16.5. The molecule has 0 aromatic heterocycles. The van der Waals surface area contributed by atoms with E-state index in [0.29, 0.717) is 6.04 Å². The Morgan fingerprint density at radius 1 is 1.00 bits per heavy atom. The van der Waals surface area contributed by atoms with Gasteiger partial charge in [0, 0.05) is 24.3 Å². The Labute approximate surface area is 120 Å². The lowest BCUT2D eigenvalue weighted by Gasteiger charge is -2.25. The van der Waals surface area contributed by atoms with Crippen molar-refractivity contribution < 1.29 is 4.74 Å². The molecule has 0 amide bonds. The minimum atomic E-state index is 0.510. The lowest BCUT2D eigenvalue weighted by molar-refractivity contribution is 0.476. The molecule has 2 aromatic rings. The molecule has 2 N–H and O–H groups in total. The van der Waals surface area contributed by atoms with Gasteiger partial charge in [0.25, 0.3) is 0 Å². The third-order valence-electron chi connectivity index (χ3n) is 3.48. The van der Waals surface area contributed by atoms with Gasteiger partial charge in [0.2, 0.25) is 0 Å². The summed E-state index contributed by atoms with van der Waals surface area (Å²) in [5, 5.41) is 6.98. The van der Waals surface area contributed by atoms with Crippen LogP contribution in [0.5, 0.6) is 11.5 Å². The van der Waals surface area contributed by atoms with Gasteiger partial charge in [0.05, 0.1) is 0 Å². The van der Waals surface area contributed by atoms with Crippen LogP contribution in [-0.2, 0) is 0 Å². The van der Waals surface area contributed by atoms with Gasteiger partial charge in [-0.05, 0) is 43.7 Å². The topological polar surface area (TPSA) is 33.3 Å². The Balaban J connectivity index is 1.66. The van der Waals surface area contributed by atoms with Crippen LogP contribution in [-0.4, -0.2) is 19.1 Å². The Morgan fingerprint density at radius 2 is 1.85 bits per heavy atom. The summed E-state index contributed by atoms with van der Waals surface area (Å²) >= 11 is 0. The van der Waals surface area contributed by atoms with Crippen LogP contribution in [0.4, 0.5) is 5.69 Å². The minimum Gasteiger partial charge on any atom is -0.457 e. The number of rotatable bonds is 4. The second-order valence-electron chi connectivity index (χ2n) is 5.13. The molecule has 1 aliphatic heterocycles. The van der Waals surface area contributed by atoms with E-state index in [1.54, 1.807) is 0 Å². The monoisotopic (exact) mass is 268 g/mol. The normalized spacial score (nSPS) is 18.5. The largest absolute Gasteiger partial charge is 0.457 e. The van der Waals surface area contributed by atoms with E-state index in [9.17, 15) is 0 Å². The van der Waals surface area contributed by atoms with E-state index >= 15 is 0 Å². The molecule has 104 valence electrons. The van der Waals surface area contributed by atoms with Gasteiger partial charge in [-0.25, -0.2) is 0 Å². The third-order valence-corrected chi connectivity index (χ3v) is 3.48. The third kappa shape index (κ3) is 3.52. The molecule has 0 spiro atoms. The summed E-state index contributed by atoms with van der Waals surface area (Å²) in [4.78, 5) is 0. The van der Waals surface area contributed by atoms with E-state index in [4.69, 9.17) is 4.74 Å². The van der Waals surface area contributed by atoms with E-state index in [1.807, 2.05) is 42.5 Å². The summed E-state index contributed by atoms with van der Waals surface area (Å²) in [6, 6.07) is 18.5. The highest BCUT2D eigenvalue weighted by Crippen LogP contribution is 2.24. The molecule has 3 rings (SSSR count). The van der Waals surface area contributed by atoms with Crippen LogP contribution in [0.25, 0.3) is 0 Å². The van der Waals surface area contributed by atoms with E-state index in [-0.39, 0.29) is 0 Å². The molecule has 1 atom stereocenters. The molecule has 3 nitrogen and oxygen atoms in total. The molecule has 0 radical (unpaired) electrons. The predicted octanol–water partition coefficient (Wildman–Crippen LogP) is 3.64. The smallest absolute Gasteiger partial charge is 0.129 e. The molecule has 0 aliphatic carbocycles. The predicted molar refractivity (Wildman–Crippen MR) is 82.5 cm³/mol. The SMILES string of the molecule is c1ccc(Oc2cccc(NC3CCCNC3)c2)cc1. The second-order valence-corrected chi connectivity index (χ2v) is 5.13. The fourth-order valence-corrected chi connectivity index (χ4v) is 2.48. The molecule has 1 heterocycles. The van der Waals surface area contributed by atoms with Crippen molar-refractivity contribution in [2.75, 3.05) is 18.4 Å². The zero-order chi connectivity index (χ0) is 13.6. The number of piperidine rings is 1. The van der Waals surface area contributed by atoms with Crippen LogP contribution >= 0.6 is 0 Å². The maximum Gasteiger partial charge on any atom is 0.129 e. The van der Waals surface area contributed by atoms with Crippen LogP contribution < -0.4 is 15.4 Å². The second kappa shape index (κ2) is 6.44. The summed E-state index contributed by atoms with van der Waals surface area (Å²) in [6.07, 6.45) is 2.45. The summed E-state index contributed by atoms with van der Waals surface area (Å²) < 4.78 is 5.85. The van der Waals surface area contributed by atoms with Crippen LogP contribution in [0.1, 0.15) is 12.8 Å². The van der Waals surface area contributed by atoms with Crippen molar-refractivity contribution in [1.29, 1.82) is 0 Å². The maximum absolute atomic E-state index is 5.85. The van der Waals surface area contributed by atoms with Crippen molar-refractivity contribution in [3.8, 4) is 11.5 Å². The minimum absolute atomic E-state index is 0.510. The first kappa shape index (κ1) is 13.0. The Morgan fingerprint density at radius 3 is 2.65 bits per heavy atom. The maximum atomic E-state index is 5.85. The number of hydrogen-bond donors (Lipinski definition) is 2. The average Bonchev–Trinajstić information content (AvgIpc) is 2.50. The van der Waals surface area contributed by atoms with Gasteiger partial charge in [0.15, 0.2) is 0 Å². The molecule has 0 saturated carbocycles. The van der Waals surface area contributed by atoms with Gasteiger partial charge >= 0.3 is 0 Å². The van der Waals surface area contributed by atoms with Crippen LogP contribution in [0.2, 0.25) is 0 Å². The van der Waals surface area contributed by atoms with Gasteiger partial charge in [0.1, 0.15) is 11.5 Å². The summed E-state index contributed by atoms with van der Waals surface area (Å²) in [7, 11) is 0. The van der Waals surface area contributed by atoms with E-state index in [2.05, 4.69) is 22.8 Å². The van der Waals surface area contributed by atoms with Crippen LogP contribution in [0, 0.1) is 0 Å². The van der Waals surface area contributed by atoms with Gasteiger partial charge in [-0.2, -0.15) is 0 Å². The van der Waals surface area contributed by atoms with Crippen LogP contribution in [0.15, 0.2) is 54.6 Å². The average molecular weight is 268 g/mol. The summed E-state index contributed by atoms with van der Waals surface area (Å²) in [6.45, 7) is 2.17. The first-order chi connectivity index (χ1) is 9.90. The van der Waals surface area contributed by atoms with Crippen molar-refractivity contribution >= 4 is 5.69 Å². The quantitative estimate of drug-likeness (QED) is 0.888. The number of nitrogens with one attached hydrogen (secondary N) is 2. The van der Waals surface area contributed by atoms with Crippen molar-refractivity contribution in [3.05, 3.63) is 54.6 Å². The highest BCUT2D eigenvalue weighted by Gasteiger charge is 2.12. The zero-order valence-electron chi connectivity index (χ0n) is 11.5. The Bertz CT molecular complexity index is 536. The molecular weight excluding hydrogens is 248 g/mol. The van der Waals surface area contributed by atoms with Crippen molar-refractivity contribution in [2.45, 2.75) is 18.9 Å². The number of benzene rings is 2. The number of ether oxygens (including phenoxy) is 1. The molecule has 3 heteroatoms. The van der Waals surface area contributed by atoms with Crippen molar-refractivity contribution in [1.82, 2.24) is 5.32 Å². The molecule has 0 bridgehead atoms. The molecule has 1 fully saturated rings. The van der Waals surface area contributed by atoms with E-state index in [0.717, 1.165) is 30.3 Å². The molecule has 1 aliphatic rings. The summed E-state index contributed by atoms with van der Waals surface area (Å²) in [5.74, 6) is 1.73. The molecule has 2 aromatic carbocycles. The van der Waals surface area contributed by atoms with Gasteiger partial charge in [-0.3, -0.25) is 0 Å². The van der Waals surface area contributed by atoms with Crippen LogP contribution in [0.3, 0.4) is 0 Å². The first-order valence-corrected chi connectivity index (χ1v) is 7.20. The molecule has 1 unspecified atom stereocenters. The number of hydrogen-bond acceptors (Lipinski definition) is 3. The van der Waals surface area contributed by atoms with Gasteiger partial charge < -0.3 is 15.4 Å². The van der Waals surface area contributed by atoms with Gasteiger partial charge in [-0.1, -0.05) is 24.3 Å². The number of para-hydroxylation sites is 1. The first-order valence-electron chi connectivity index (χ1n) is 7.20. The Hall–Kier alpha value is -2.00. The highest BCUT2D eigenvalue weighted by molar-refractivity contribution is 5.50. The molecule has 1 saturated heterocycles. The van der Waals surface area contributed by atoms with Crippen molar-refractivity contribution in [2.24, 2.45) is 0 Å². The number of anilines is 1. The van der Waals surface area contributed by atoms with E-state index < -0.39 is 0 Å². The van der Waals surface area contributed by atoms with Gasteiger partial charge in [-0.15, -0.1) is 0 Å². The fourth-order valence-electron chi connectivity index (χ4n) is 2.48. The molecular formula is C17H20N2O. The van der Waals surface area contributed by atoms with E-state index in [1.165, 1.54) is 12.8 Å².